The van der Waals surface area contributed by atoms with Crippen molar-refractivity contribution in [2.24, 2.45) is 5.92 Å². The second-order valence-corrected chi connectivity index (χ2v) is 6.21. The van der Waals surface area contributed by atoms with Crippen LogP contribution in [0.1, 0.15) is 37.7 Å². The second-order valence-electron chi connectivity index (χ2n) is 5.74. The first-order chi connectivity index (χ1) is 9.27. The number of hydrogen-bond donors (Lipinski definition) is 0. The molecule has 0 radical (unpaired) electrons. The van der Waals surface area contributed by atoms with E-state index in [1.165, 1.54) is 37.7 Å². The number of β-lactam (4-membered cyclic amide) rings is 1. The van der Waals surface area contributed by atoms with E-state index in [1.807, 2.05) is 23.1 Å². The zero-order valence-electron chi connectivity index (χ0n) is 11.1. The van der Waals surface area contributed by atoms with Crippen molar-refractivity contribution < 1.29 is 4.79 Å². The lowest BCUT2D eigenvalue weighted by Crippen LogP contribution is -2.64. The minimum atomic E-state index is -0.285. The summed E-state index contributed by atoms with van der Waals surface area (Å²) in [7, 11) is 0. The third kappa shape index (κ3) is 2.51. The molecule has 2 fully saturated rings. The first-order valence-electron chi connectivity index (χ1n) is 7.26. The van der Waals surface area contributed by atoms with E-state index in [0.29, 0.717) is 12.5 Å². The van der Waals surface area contributed by atoms with Gasteiger partial charge in [-0.15, -0.1) is 11.6 Å². The molecule has 1 heterocycles. The summed E-state index contributed by atoms with van der Waals surface area (Å²) in [4.78, 5) is 14.0. The molecule has 0 aromatic heterocycles. The molecular formula is C16H20ClNO. The molecule has 3 heteroatoms. The van der Waals surface area contributed by atoms with Crippen LogP contribution < -0.4 is 0 Å². The van der Waals surface area contributed by atoms with Crippen LogP contribution in [-0.2, 0) is 11.3 Å². The van der Waals surface area contributed by atoms with E-state index in [4.69, 9.17) is 11.6 Å². The fourth-order valence-electron chi connectivity index (χ4n) is 3.46. The van der Waals surface area contributed by atoms with Crippen molar-refractivity contribution in [3.8, 4) is 0 Å². The normalized spacial score (nSPS) is 28.3. The van der Waals surface area contributed by atoms with Gasteiger partial charge in [0.15, 0.2) is 0 Å². The highest BCUT2D eigenvalue weighted by molar-refractivity contribution is 6.33. The number of alkyl halides is 1. The molecule has 1 saturated heterocycles. The van der Waals surface area contributed by atoms with E-state index in [9.17, 15) is 4.79 Å². The summed E-state index contributed by atoms with van der Waals surface area (Å²) in [6.45, 7) is 0.712. The van der Waals surface area contributed by atoms with E-state index < -0.39 is 0 Å². The molecule has 0 N–H and O–H groups in total. The van der Waals surface area contributed by atoms with Gasteiger partial charge in [-0.3, -0.25) is 4.79 Å². The van der Waals surface area contributed by atoms with E-state index in [2.05, 4.69) is 12.1 Å². The Bertz CT molecular complexity index is 441. The molecule has 2 aliphatic rings. The monoisotopic (exact) mass is 277 g/mol. The molecule has 2 atom stereocenters. The van der Waals surface area contributed by atoms with Gasteiger partial charge in [0.2, 0.25) is 5.91 Å². The topological polar surface area (TPSA) is 20.3 Å². The van der Waals surface area contributed by atoms with Gasteiger partial charge in [-0.1, -0.05) is 49.6 Å². The first-order valence-corrected chi connectivity index (χ1v) is 7.69. The number of carbonyl (C=O) groups is 1. The van der Waals surface area contributed by atoms with Crippen LogP contribution >= 0.6 is 11.6 Å². The number of hydrogen-bond acceptors (Lipinski definition) is 1. The largest absolute Gasteiger partial charge is 0.332 e. The van der Waals surface area contributed by atoms with Crippen LogP contribution in [0.5, 0.6) is 0 Å². The van der Waals surface area contributed by atoms with Crippen molar-refractivity contribution in [1.29, 1.82) is 0 Å². The summed E-state index contributed by atoms with van der Waals surface area (Å²) in [6, 6.07) is 10.5. The average molecular weight is 278 g/mol. The number of nitrogens with zero attached hydrogens (tertiary/aromatic N) is 1. The molecule has 2 nitrogen and oxygen atoms in total. The molecular weight excluding hydrogens is 258 g/mol. The lowest BCUT2D eigenvalue weighted by atomic mass is 9.78. The highest BCUT2D eigenvalue weighted by Gasteiger charge is 2.49. The Hall–Kier alpha value is -1.02. The molecule has 1 aromatic rings. The van der Waals surface area contributed by atoms with Crippen molar-refractivity contribution in [2.75, 3.05) is 0 Å². The van der Waals surface area contributed by atoms with Gasteiger partial charge < -0.3 is 4.90 Å². The zero-order chi connectivity index (χ0) is 13.2. The Morgan fingerprint density at radius 3 is 2.47 bits per heavy atom. The standard InChI is InChI=1S/C16H20ClNO/c17-14-15(13-9-5-2-6-10-13)18(16(14)19)11-12-7-3-1-4-8-12/h1,3-4,7-8,13-15H,2,5-6,9-11H2/t14-,15-/m1/s1. The van der Waals surface area contributed by atoms with Gasteiger partial charge in [-0.25, -0.2) is 0 Å². The maximum absolute atomic E-state index is 12.0. The third-order valence-corrected chi connectivity index (χ3v) is 4.95. The Balaban J connectivity index is 1.70. The fraction of sp³-hybridized carbons (Fsp3) is 0.562. The molecule has 1 aliphatic carbocycles. The van der Waals surface area contributed by atoms with E-state index in [0.717, 1.165) is 0 Å². The molecule has 3 rings (SSSR count). The SMILES string of the molecule is O=C1[C@H](Cl)[C@@H](C2CCCCC2)N1Cc1ccccc1. The average Bonchev–Trinajstić information content (AvgIpc) is 2.48. The molecule has 0 bridgehead atoms. The Morgan fingerprint density at radius 2 is 1.79 bits per heavy atom. The van der Waals surface area contributed by atoms with Crippen LogP contribution in [0, 0.1) is 5.92 Å². The van der Waals surface area contributed by atoms with Gasteiger partial charge in [0.1, 0.15) is 5.38 Å². The highest BCUT2D eigenvalue weighted by Crippen LogP contribution is 2.39. The molecule has 1 amide bonds. The number of amides is 1. The van der Waals surface area contributed by atoms with Gasteiger partial charge in [0.25, 0.3) is 0 Å². The summed E-state index contributed by atoms with van der Waals surface area (Å²) in [5.41, 5.74) is 1.19. The van der Waals surface area contributed by atoms with E-state index in [-0.39, 0.29) is 17.3 Å². The van der Waals surface area contributed by atoms with Crippen molar-refractivity contribution >= 4 is 17.5 Å². The molecule has 1 saturated carbocycles. The van der Waals surface area contributed by atoms with Crippen LogP contribution in [0.4, 0.5) is 0 Å². The van der Waals surface area contributed by atoms with Gasteiger partial charge in [0.05, 0.1) is 6.04 Å². The van der Waals surface area contributed by atoms with Crippen molar-refractivity contribution in [2.45, 2.75) is 50.1 Å². The van der Waals surface area contributed by atoms with Crippen LogP contribution in [0.15, 0.2) is 30.3 Å². The lowest BCUT2D eigenvalue weighted by molar-refractivity contribution is -0.149. The lowest BCUT2D eigenvalue weighted by Gasteiger charge is -2.49. The zero-order valence-corrected chi connectivity index (χ0v) is 11.9. The molecule has 19 heavy (non-hydrogen) atoms. The van der Waals surface area contributed by atoms with Crippen LogP contribution in [0.3, 0.4) is 0 Å². The Kier molecular flexibility index (Phi) is 3.79. The van der Waals surface area contributed by atoms with E-state index >= 15 is 0 Å². The number of benzene rings is 1. The summed E-state index contributed by atoms with van der Waals surface area (Å²) in [5.74, 6) is 0.721. The van der Waals surface area contributed by atoms with E-state index in [1.54, 1.807) is 0 Å². The number of likely N-dealkylation sites (tertiary alicyclic amines) is 1. The van der Waals surface area contributed by atoms with Crippen molar-refractivity contribution in [3.63, 3.8) is 0 Å². The third-order valence-electron chi connectivity index (χ3n) is 4.51. The maximum atomic E-state index is 12.0. The molecule has 102 valence electrons. The second kappa shape index (κ2) is 5.54. The smallest absolute Gasteiger partial charge is 0.243 e. The van der Waals surface area contributed by atoms with Crippen molar-refractivity contribution in [3.05, 3.63) is 35.9 Å². The molecule has 0 unspecified atom stereocenters. The fourth-order valence-corrected chi connectivity index (χ4v) is 3.93. The minimum absolute atomic E-state index is 0.112. The number of halogens is 1. The van der Waals surface area contributed by atoms with Gasteiger partial charge in [-0.2, -0.15) is 0 Å². The molecule has 1 aromatic carbocycles. The van der Waals surface area contributed by atoms with Crippen LogP contribution in [0.25, 0.3) is 0 Å². The predicted molar refractivity (Wildman–Crippen MR) is 77.0 cm³/mol. The van der Waals surface area contributed by atoms with Crippen LogP contribution in [0.2, 0.25) is 0 Å². The molecule has 0 spiro atoms. The van der Waals surface area contributed by atoms with Crippen LogP contribution in [-0.4, -0.2) is 22.2 Å². The number of carbonyl (C=O) groups excluding carboxylic acids is 1. The van der Waals surface area contributed by atoms with Gasteiger partial charge >= 0.3 is 0 Å². The Morgan fingerprint density at radius 1 is 1.11 bits per heavy atom. The Labute approximate surface area is 119 Å². The summed E-state index contributed by atoms with van der Waals surface area (Å²) in [6.07, 6.45) is 6.37. The molecule has 1 aliphatic heterocycles. The first kappa shape index (κ1) is 13.0. The quantitative estimate of drug-likeness (QED) is 0.611. The summed E-state index contributed by atoms with van der Waals surface area (Å²) in [5, 5.41) is -0.285. The highest BCUT2D eigenvalue weighted by atomic mass is 35.5. The maximum Gasteiger partial charge on any atom is 0.243 e. The predicted octanol–water partition coefficient (Wildman–Crippen LogP) is 3.59. The van der Waals surface area contributed by atoms with Crippen molar-refractivity contribution in [1.82, 2.24) is 4.90 Å². The minimum Gasteiger partial charge on any atom is -0.332 e. The number of rotatable bonds is 3. The van der Waals surface area contributed by atoms with Gasteiger partial charge in [0, 0.05) is 6.54 Å². The van der Waals surface area contributed by atoms with Gasteiger partial charge in [-0.05, 0) is 24.3 Å². The summed E-state index contributed by atoms with van der Waals surface area (Å²) >= 11 is 6.27. The summed E-state index contributed by atoms with van der Waals surface area (Å²) < 4.78 is 0.